The molecule has 19 heavy (non-hydrogen) atoms. The van der Waals surface area contributed by atoms with E-state index in [1.165, 1.54) is 0 Å². The number of hydrogen-bond acceptors (Lipinski definition) is 2. The summed E-state index contributed by atoms with van der Waals surface area (Å²) in [5, 5.41) is 9.51. The van der Waals surface area contributed by atoms with Crippen molar-refractivity contribution in [3.63, 3.8) is 0 Å². The number of nitriles is 1. The first-order valence-electron chi connectivity index (χ1n) is 5.87. The summed E-state index contributed by atoms with van der Waals surface area (Å²) in [6, 6.07) is 13.7. The van der Waals surface area contributed by atoms with E-state index in [1.807, 2.05) is 47.0 Å². The van der Waals surface area contributed by atoms with Gasteiger partial charge in [0.1, 0.15) is 0 Å². The molecule has 4 heteroatoms. The van der Waals surface area contributed by atoms with Crippen LogP contribution in [0.4, 0.5) is 0 Å². The topological polar surface area (TPSA) is 41.1 Å². The largest absolute Gasteiger partial charge is 0.316 e. The minimum Gasteiger partial charge on any atom is -0.316 e. The summed E-state index contributed by atoms with van der Waals surface area (Å²) >= 11 is 6.02. The Morgan fingerprint density at radius 3 is 2.95 bits per heavy atom. The zero-order chi connectivity index (χ0) is 13.2. The van der Waals surface area contributed by atoms with Gasteiger partial charge in [-0.1, -0.05) is 23.7 Å². The van der Waals surface area contributed by atoms with Crippen LogP contribution in [0.15, 0.2) is 48.8 Å². The van der Waals surface area contributed by atoms with Gasteiger partial charge in [0.2, 0.25) is 0 Å². The third-order valence-electron chi connectivity index (χ3n) is 3.02. The average molecular weight is 268 g/mol. The van der Waals surface area contributed by atoms with Crippen LogP contribution >= 0.6 is 11.6 Å². The highest BCUT2D eigenvalue weighted by atomic mass is 35.5. The molecule has 3 nitrogen and oxygen atoms in total. The Hall–Kier alpha value is -2.31. The second kappa shape index (κ2) is 4.75. The van der Waals surface area contributed by atoms with E-state index in [0.29, 0.717) is 11.4 Å². The quantitative estimate of drug-likeness (QED) is 0.710. The lowest BCUT2D eigenvalue weighted by molar-refractivity contribution is 1.04. The summed E-state index contributed by atoms with van der Waals surface area (Å²) < 4.78 is 1.99. The van der Waals surface area contributed by atoms with Crippen molar-refractivity contribution in [3.8, 4) is 17.3 Å². The molecule has 92 valence electrons. The summed E-state index contributed by atoms with van der Waals surface area (Å²) in [4.78, 5) is 4.43. The molecule has 0 N–H and O–H groups in total. The Morgan fingerprint density at radius 2 is 2.16 bits per heavy atom. The maximum atomic E-state index is 8.82. The summed E-state index contributed by atoms with van der Waals surface area (Å²) in [6.45, 7) is 0. The maximum Gasteiger partial charge on any atom is 0.0943 e. The molecule has 3 rings (SSSR count). The van der Waals surface area contributed by atoms with Gasteiger partial charge in [-0.25, -0.2) is 0 Å². The molecule has 0 aliphatic carbocycles. The third-order valence-corrected chi connectivity index (χ3v) is 3.26. The van der Waals surface area contributed by atoms with E-state index in [9.17, 15) is 0 Å². The number of nitrogens with zero attached hydrogens (tertiary/aromatic N) is 3. The second-order valence-corrected chi connectivity index (χ2v) is 4.64. The third kappa shape index (κ3) is 2.07. The fourth-order valence-electron chi connectivity index (χ4n) is 2.18. The van der Waals surface area contributed by atoms with Gasteiger partial charge in [0.05, 0.1) is 23.7 Å². The minimum atomic E-state index is 0.382. The Balaban J connectivity index is 2.23. The summed E-state index contributed by atoms with van der Waals surface area (Å²) in [6.07, 6.45) is 3.99. The van der Waals surface area contributed by atoms with Gasteiger partial charge >= 0.3 is 0 Å². The van der Waals surface area contributed by atoms with E-state index in [4.69, 9.17) is 16.9 Å². The van der Waals surface area contributed by atoms with Gasteiger partial charge < -0.3 is 4.40 Å². The van der Waals surface area contributed by atoms with Crippen LogP contribution in [-0.2, 0) is 6.42 Å². The second-order valence-electron chi connectivity index (χ2n) is 4.20. The normalized spacial score (nSPS) is 10.5. The Morgan fingerprint density at radius 1 is 1.26 bits per heavy atom. The molecule has 3 aromatic rings. The van der Waals surface area contributed by atoms with Gasteiger partial charge in [-0.15, -0.1) is 0 Å². The summed E-state index contributed by atoms with van der Waals surface area (Å²) in [5.41, 5.74) is 3.78. The van der Waals surface area contributed by atoms with Crippen LogP contribution in [-0.4, -0.2) is 9.38 Å². The molecular formula is C15H10ClN3. The SMILES string of the molecule is N#CCc1ccc2c(-c3cccc(Cl)c3)nccn12. The average Bonchev–Trinajstić information content (AvgIpc) is 2.83. The van der Waals surface area contributed by atoms with Crippen molar-refractivity contribution in [3.05, 3.63) is 59.5 Å². The Bertz CT molecular complexity index is 783. The van der Waals surface area contributed by atoms with Crippen LogP contribution in [0.25, 0.3) is 16.8 Å². The first-order valence-corrected chi connectivity index (χ1v) is 6.25. The van der Waals surface area contributed by atoms with Crippen LogP contribution in [0.1, 0.15) is 5.69 Å². The molecule has 0 amide bonds. The first kappa shape index (κ1) is 11.8. The highest BCUT2D eigenvalue weighted by molar-refractivity contribution is 6.30. The molecule has 2 heterocycles. The van der Waals surface area contributed by atoms with Crippen LogP contribution < -0.4 is 0 Å². The van der Waals surface area contributed by atoms with Crippen molar-refractivity contribution in [2.45, 2.75) is 6.42 Å². The lowest BCUT2D eigenvalue weighted by Crippen LogP contribution is -1.94. The van der Waals surface area contributed by atoms with Crippen LogP contribution in [0.5, 0.6) is 0 Å². The van der Waals surface area contributed by atoms with Crippen LogP contribution in [0.3, 0.4) is 0 Å². The molecule has 0 unspecified atom stereocenters. The molecule has 0 saturated heterocycles. The van der Waals surface area contributed by atoms with Gasteiger partial charge in [-0.05, 0) is 24.3 Å². The van der Waals surface area contributed by atoms with E-state index < -0.39 is 0 Å². The van der Waals surface area contributed by atoms with Crippen molar-refractivity contribution < 1.29 is 0 Å². The number of fused-ring (bicyclic) bond motifs is 1. The molecule has 0 aliphatic heterocycles. The van der Waals surface area contributed by atoms with E-state index >= 15 is 0 Å². The number of rotatable bonds is 2. The zero-order valence-corrected chi connectivity index (χ0v) is 10.8. The fraction of sp³-hybridized carbons (Fsp3) is 0.0667. The number of halogens is 1. The molecule has 0 radical (unpaired) electrons. The maximum absolute atomic E-state index is 8.82. The molecule has 0 aliphatic rings. The zero-order valence-electron chi connectivity index (χ0n) is 10.0. The molecular weight excluding hydrogens is 258 g/mol. The summed E-state index contributed by atoms with van der Waals surface area (Å²) in [5.74, 6) is 0. The first-order chi connectivity index (χ1) is 9.29. The standard InChI is InChI=1S/C15H10ClN3/c16-12-3-1-2-11(10-12)15-14-5-4-13(6-7-17)19(14)9-8-18-15/h1-5,8-10H,6H2. The predicted molar refractivity (Wildman–Crippen MR) is 75.0 cm³/mol. The Labute approximate surface area is 115 Å². The lowest BCUT2D eigenvalue weighted by atomic mass is 10.1. The predicted octanol–water partition coefficient (Wildman–Crippen LogP) is 3.72. The van der Waals surface area contributed by atoms with Gasteiger partial charge in [0, 0.05) is 28.7 Å². The lowest BCUT2D eigenvalue weighted by Gasteiger charge is -2.05. The monoisotopic (exact) mass is 267 g/mol. The smallest absolute Gasteiger partial charge is 0.0943 e. The fourth-order valence-corrected chi connectivity index (χ4v) is 2.37. The van der Waals surface area contributed by atoms with Crippen molar-refractivity contribution in [2.24, 2.45) is 0 Å². The van der Waals surface area contributed by atoms with Gasteiger partial charge in [0.15, 0.2) is 0 Å². The van der Waals surface area contributed by atoms with Crippen molar-refractivity contribution in [2.75, 3.05) is 0 Å². The highest BCUT2D eigenvalue weighted by Gasteiger charge is 2.08. The van der Waals surface area contributed by atoms with Gasteiger partial charge in [-0.2, -0.15) is 5.26 Å². The molecule has 0 fully saturated rings. The van der Waals surface area contributed by atoms with E-state index in [-0.39, 0.29) is 0 Å². The van der Waals surface area contributed by atoms with Crippen molar-refractivity contribution >= 4 is 17.1 Å². The number of aromatic nitrogens is 2. The molecule has 1 aromatic carbocycles. The van der Waals surface area contributed by atoms with Crippen LogP contribution in [0, 0.1) is 11.3 Å². The highest BCUT2D eigenvalue weighted by Crippen LogP contribution is 2.26. The molecule has 0 atom stereocenters. The van der Waals surface area contributed by atoms with E-state index in [0.717, 1.165) is 22.5 Å². The van der Waals surface area contributed by atoms with Gasteiger partial charge in [0.25, 0.3) is 0 Å². The molecule has 2 aromatic heterocycles. The number of hydrogen-bond donors (Lipinski definition) is 0. The number of benzene rings is 1. The van der Waals surface area contributed by atoms with Crippen LogP contribution in [0.2, 0.25) is 5.02 Å². The molecule has 0 spiro atoms. The molecule has 0 saturated carbocycles. The van der Waals surface area contributed by atoms with E-state index in [2.05, 4.69) is 11.1 Å². The van der Waals surface area contributed by atoms with Gasteiger partial charge in [-0.3, -0.25) is 4.98 Å². The minimum absolute atomic E-state index is 0.382. The molecule has 0 bridgehead atoms. The Kier molecular flexibility index (Phi) is 2.94. The van der Waals surface area contributed by atoms with Crippen molar-refractivity contribution in [1.29, 1.82) is 5.26 Å². The van der Waals surface area contributed by atoms with E-state index in [1.54, 1.807) is 6.20 Å². The van der Waals surface area contributed by atoms with Crippen molar-refractivity contribution in [1.82, 2.24) is 9.38 Å². The summed E-state index contributed by atoms with van der Waals surface area (Å²) in [7, 11) is 0.